The Balaban J connectivity index is 1.60. The van der Waals surface area contributed by atoms with Gasteiger partial charge in [-0.15, -0.1) is 5.10 Å². The predicted octanol–water partition coefficient (Wildman–Crippen LogP) is 2.18. The van der Waals surface area contributed by atoms with Crippen molar-refractivity contribution in [1.29, 1.82) is 0 Å². The molecule has 20 heavy (non-hydrogen) atoms. The van der Waals surface area contributed by atoms with Gasteiger partial charge in [0.15, 0.2) is 5.65 Å². The van der Waals surface area contributed by atoms with Crippen molar-refractivity contribution in [3.63, 3.8) is 0 Å². The number of aromatic nitrogens is 3. The van der Waals surface area contributed by atoms with Crippen LogP contribution in [0.15, 0.2) is 18.3 Å². The minimum Gasteiger partial charge on any atom is -0.353 e. The summed E-state index contributed by atoms with van der Waals surface area (Å²) in [5.41, 5.74) is 2.11. The molecule has 0 aromatic carbocycles. The zero-order valence-electron chi connectivity index (χ0n) is 12.5. The molecule has 1 aliphatic heterocycles. The van der Waals surface area contributed by atoms with Gasteiger partial charge >= 0.3 is 0 Å². The van der Waals surface area contributed by atoms with Crippen LogP contribution in [0.1, 0.15) is 25.8 Å². The van der Waals surface area contributed by atoms with Crippen molar-refractivity contribution in [1.82, 2.24) is 19.5 Å². The van der Waals surface area contributed by atoms with Gasteiger partial charge in [0.25, 0.3) is 0 Å². The number of aryl methyl sites for hydroxylation is 1. The Bertz CT molecular complexity index is 589. The monoisotopic (exact) mass is 273 g/mol. The lowest BCUT2D eigenvalue weighted by molar-refractivity contribution is 0.266. The Morgan fingerprint density at radius 2 is 2.30 bits per heavy atom. The first-order valence-corrected chi connectivity index (χ1v) is 7.43. The highest BCUT2D eigenvalue weighted by Crippen LogP contribution is 2.18. The summed E-state index contributed by atoms with van der Waals surface area (Å²) < 4.78 is 1.82. The van der Waals surface area contributed by atoms with Crippen molar-refractivity contribution in [2.75, 3.05) is 25.0 Å². The summed E-state index contributed by atoms with van der Waals surface area (Å²) in [6, 6.07) is 4.74. The molecule has 2 aromatic rings. The van der Waals surface area contributed by atoms with E-state index in [0.717, 1.165) is 18.1 Å². The van der Waals surface area contributed by atoms with E-state index in [-0.39, 0.29) is 0 Å². The second-order valence-corrected chi connectivity index (χ2v) is 6.07. The van der Waals surface area contributed by atoms with Crippen LogP contribution in [-0.2, 0) is 0 Å². The summed E-state index contributed by atoms with van der Waals surface area (Å²) in [4.78, 5) is 7.05. The number of likely N-dealkylation sites (tertiary alicyclic amines) is 1. The molecule has 0 spiro atoms. The summed E-state index contributed by atoms with van der Waals surface area (Å²) in [5.74, 6) is 1.43. The van der Waals surface area contributed by atoms with Gasteiger partial charge in [0, 0.05) is 25.3 Å². The van der Waals surface area contributed by atoms with Crippen molar-refractivity contribution in [3.05, 3.63) is 23.9 Å². The van der Waals surface area contributed by atoms with E-state index in [1.165, 1.54) is 25.1 Å². The van der Waals surface area contributed by atoms with Gasteiger partial charge in [-0.25, -0.2) is 4.52 Å². The average Bonchev–Trinajstić information content (AvgIpc) is 3.01. The molecule has 1 N–H and O–H groups in total. The number of nitrogens with zero attached hydrogens (tertiary/aromatic N) is 4. The van der Waals surface area contributed by atoms with Crippen LogP contribution in [0.5, 0.6) is 0 Å². The predicted molar refractivity (Wildman–Crippen MR) is 81.0 cm³/mol. The number of pyridine rings is 1. The van der Waals surface area contributed by atoms with E-state index in [2.05, 4.69) is 41.1 Å². The largest absolute Gasteiger partial charge is 0.353 e. The second-order valence-electron chi connectivity index (χ2n) is 6.07. The molecule has 108 valence electrons. The van der Waals surface area contributed by atoms with Gasteiger partial charge in [-0.1, -0.05) is 0 Å². The fourth-order valence-electron chi connectivity index (χ4n) is 2.79. The highest BCUT2D eigenvalue weighted by Gasteiger charge is 2.24. The molecule has 0 radical (unpaired) electrons. The molecular formula is C15H23N5. The van der Waals surface area contributed by atoms with Crippen LogP contribution in [-0.4, -0.2) is 45.2 Å². The van der Waals surface area contributed by atoms with E-state index in [1.807, 2.05) is 22.8 Å². The number of anilines is 1. The number of fused-ring (bicyclic) bond motifs is 1. The fourth-order valence-corrected chi connectivity index (χ4v) is 2.79. The molecule has 2 aromatic heterocycles. The first kappa shape index (κ1) is 13.4. The van der Waals surface area contributed by atoms with Gasteiger partial charge in [0.1, 0.15) is 0 Å². The molecule has 0 aliphatic carbocycles. The van der Waals surface area contributed by atoms with Gasteiger partial charge in [-0.3, -0.25) is 0 Å². The van der Waals surface area contributed by atoms with Crippen LogP contribution in [0.25, 0.3) is 5.65 Å². The second kappa shape index (κ2) is 5.40. The van der Waals surface area contributed by atoms with Gasteiger partial charge in [0.05, 0.1) is 0 Å². The number of nitrogens with one attached hydrogen (secondary N) is 1. The van der Waals surface area contributed by atoms with Gasteiger partial charge in [-0.05, 0) is 57.4 Å². The molecular weight excluding hydrogens is 250 g/mol. The zero-order chi connectivity index (χ0) is 14.1. The highest BCUT2D eigenvalue weighted by molar-refractivity contribution is 5.45. The third kappa shape index (κ3) is 2.77. The molecule has 0 saturated carbocycles. The van der Waals surface area contributed by atoms with Crippen LogP contribution in [0.2, 0.25) is 0 Å². The molecule has 0 bridgehead atoms. The van der Waals surface area contributed by atoms with Crippen LogP contribution < -0.4 is 5.32 Å². The Morgan fingerprint density at radius 1 is 1.45 bits per heavy atom. The SMILES string of the molecule is Cc1ccn2nc(NCC3CCN(C(C)C)C3)nc2c1. The van der Waals surface area contributed by atoms with E-state index >= 15 is 0 Å². The van der Waals surface area contributed by atoms with Crippen LogP contribution in [0.4, 0.5) is 5.95 Å². The van der Waals surface area contributed by atoms with E-state index in [0.29, 0.717) is 12.0 Å². The van der Waals surface area contributed by atoms with Crippen molar-refractivity contribution in [2.24, 2.45) is 5.92 Å². The summed E-state index contributed by atoms with van der Waals surface area (Å²) in [7, 11) is 0. The van der Waals surface area contributed by atoms with Crippen LogP contribution >= 0.6 is 0 Å². The standard InChI is InChI=1S/C15H23N5/c1-11(2)19-6-5-13(10-19)9-16-15-17-14-8-12(3)4-7-20(14)18-15/h4,7-8,11,13H,5-6,9-10H2,1-3H3,(H,16,18). The molecule has 3 heterocycles. The average molecular weight is 273 g/mol. The molecule has 1 aliphatic rings. The summed E-state index contributed by atoms with van der Waals surface area (Å²) in [5, 5.41) is 7.84. The summed E-state index contributed by atoms with van der Waals surface area (Å²) in [6.45, 7) is 9.95. The van der Waals surface area contributed by atoms with E-state index in [1.54, 1.807) is 0 Å². The third-order valence-electron chi connectivity index (χ3n) is 4.09. The molecule has 5 heteroatoms. The molecule has 1 saturated heterocycles. The van der Waals surface area contributed by atoms with Gasteiger partial charge < -0.3 is 10.2 Å². The topological polar surface area (TPSA) is 45.5 Å². The molecule has 5 nitrogen and oxygen atoms in total. The third-order valence-corrected chi connectivity index (χ3v) is 4.09. The Hall–Kier alpha value is -1.62. The Labute approximate surface area is 120 Å². The smallest absolute Gasteiger partial charge is 0.243 e. The Kier molecular flexibility index (Phi) is 3.61. The number of hydrogen-bond acceptors (Lipinski definition) is 4. The number of hydrogen-bond donors (Lipinski definition) is 1. The van der Waals surface area contributed by atoms with Crippen molar-refractivity contribution in [3.8, 4) is 0 Å². The van der Waals surface area contributed by atoms with E-state index in [4.69, 9.17) is 0 Å². The number of rotatable bonds is 4. The first-order valence-electron chi connectivity index (χ1n) is 7.43. The summed E-state index contributed by atoms with van der Waals surface area (Å²) >= 11 is 0. The molecule has 0 amide bonds. The highest BCUT2D eigenvalue weighted by atomic mass is 15.3. The fraction of sp³-hybridized carbons (Fsp3) is 0.600. The molecule has 1 atom stereocenters. The van der Waals surface area contributed by atoms with Gasteiger partial charge in [-0.2, -0.15) is 4.98 Å². The maximum absolute atomic E-state index is 4.52. The van der Waals surface area contributed by atoms with Crippen LogP contribution in [0.3, 0.4) is 0 Å². The lowest BCUT2D eigenvalue weighted by atomic mass is 10.1. The van der Waals surface area contributed by atoms with Crippen molar-refractivity contribution >= 4 is 11.6 Å². The normalized spacial score (nSPS) is 20.1. The van der Waals surface area contributed by atoms with Gasteiger partial charge in [0.2, 0.25) is 5.95 Å². The van der Waals surface area contributed by atoms with Crippen molar-refractivity contribution < 1.29 is 0 Å². The Morgan fingerprint density at radius 3 is 3.05 bits per heavy atom. The van der Waals surface area contributed by atoms with Crippen molar-refractivity contribution in [2.45, 2.75) is 33.2 Å². The minimum absolute atomic E-state index is 0.649. The molecule has 3 rings (SSSR count). The summed E-state index contributed by atoms with van der Waals surface area (Å²) in [6.07, 6.45) is 3.22. The quantitative estimate of drug-likeness (QED) is 0.927. The zero-order valence-corrected chi connectivity index (χ0v) is 12.5. The van der Waals surface area contributed by atoms with E-state index in [9.17, 15) is 0 Å². The maximum atomic E-state index is 4.52. The minimum atomic E-state index is 0.649. The lowest BCUT2D eigenvalue weighted by Crippen LogP contribution is -2.29. The molecule has 1 fully saturated rings. The maximum Gasteiger partial charge on any atom is 0.243 e. The molecule has 1 unspecified atom stereocenters. The van der Waals surface area contributed by atoms with Crippen LogP contribution in [0, 0.1) is 12.8 Å². The lowest BCUT2D eigenvalue weighted by Gasteiger charge is -2.20. The first-order chi connectivity index (χ1) is 9.61. The van der Waals surface area contributed by atoms with E-state index < -0.39 is 0 Å².